The molecule has 0 radical (unpaired) electrons. The number of anilines is 1. The molecule has 2 rings (SSSR count). The van der Waals surface area contributed by atoms with E-state index >= 15 is 0 Å². The van der Waals surface area contributed by atoms with E-state index in [1.165, 1.54) is 0 Å². The minimum Gasteiger partial charge on any atom is -0.481 e. The maximum absolute atomic E-state index is 11.4. The van der Waals surface area contributed by atoms with Crippen LogP contribution in [0.25, 0.3) is 0 Å². The highest BCUT2D eigenvalue weighted by molar-refractivity contribution is 5.77. The first-order valence-corrected chi connectivity index (χ1v) is 6.18. The van der Waals surface area contributed by atoms with Gasteiger partial charge in [0.1, 0.15) is 11.1 Å². The van der Waals surface area contributed by atoms with Crippen molar-refractivity contribution in [1.82, 2.24) is 0 Å². The second kappa shape index (κ2) is 5.09. The SMILES string of the molecule is Cc1cccc(NC2COCC2(C)C(=O)O)c1[N+](=O)[O-]. The van der Waals surface area contributed by atoms with E-state index in [1.807, 2.05) is 0 Å². The standard InChI is InChI=1S/C13H16N2O5/c1-8-4-3-5-9(11(8)15(18)19)14-10-6-20-7-13(10,2)12(16)17/h3-5,10,14H,6-7H2,1-2H3,(H,16,17). The van der Waals surface area contributed by atoms with E-state index in [0.717, 1.165) is 0 Å². The number of rotatable bonds is 4. The van der Waals surface area contributed by atoms with Gasteiger partial charge in [-0.25, -0.2) is 0 Å². The Morgan fingerprint density at radius 3 is 2.90 bits per heavy atom. The highest BCUT2D eigenvalue weighted by Gasteiger charge is 2.47. The molecule has 1 aromatic carbocycles. The number of nitro groups is 1. The molecule has 0 aliphatic carbocycles. The molecule has 0 saturated carbocycles. The maximum Gasteiger partial charge on any atom is 0.313 e. The third-order valence-corrected chi connectivity index (χ3v) is 3.69. The molecular formula is C13H16N2O5. The van der Waals surface area contributed by atoms with Crippen LogP contribution in [-0.2, 0) is 9.53 Å². The Morgan fingerprint density at radius 2 is 2.30 bits per heavy atom. The zero-order valence-corrected chi connectivity index (χ0v) is 11.3. The second-order valence-electron chi connectivity index (χ2n) is 5.16. The number of nitrogens with one attached hydrogen (secondary N) is 1. The summed E-state index contributed by atoms with van der Waals surface area (Å²) in [5, 5.41) is 23.4. The lowest BCUT2D eigenvalue weighted by Gasteiger charge is -2.26. The first kappa shape index (κ1) is 14.3. The maximum atomic E-state index is 11.4. The first-order chi connectivity index (χ1) is 9.36. The van der Waals surface area contributed by atoms with Crippen LogP contribution in [0.2, 0.25) is 0 Å². The number of benzene rings is 1. The minimum absolute atomic E-state index is 0.0351. The van der Waals surface area contributed by atoms with Gasteiger partial charge < -0.3 is 15.2 Å². The van der Waals surface area contributed by atoms with Gasteiger partial charge in [0, 0.05) is 5.56 Å². The number of carbonyl (C=O) groups is 1. The van der Waals surface area contributed by atoms with Crippen molar-refractivity contribution in [3.8, 4) is 0 Å². The fourth-order valence-electron chi connectivity index (χ4n) is 2.29. The van der Waals surface area contributed by atoms with Gasteiger partial charge in [0.25, 0.3) is 5.69 Å². The second-order valence-corrected chi connectivity index (χ2v) is 5.16. The molecule has 2 N–H and O–H groups in total. The quantitative estimate of drug-likeness (QED) is 0.644. The Bertz CT molecular complexity index is 560. The van der Waals surface area contributed by atoms with E-state index in [9.17, 15) is 20.0 Å². The summed E-state index contributed by atoms with van der Waals surface area (Å²) in [5.74, 6) is -0.984. The number of aryl methyl sites for hydroxylation is 1. The van der Waals surface area contributed by atoms with Crippen molar-refractivity contribution in [3.05, 3.63) is 33.9 Å². The van der Waals surface area contributed by atoms with Crippen molar-refractivity contribution in [3.63, 3.8) is 0 Å². The summed E-state index contributed by atoms with van der Waals surface area (Å²) >= 11 is 0. The summed E-state index contributed by atoms with van der Waals surface area (Å²) in [5.41, 5.74) is -0.293. The molecule has 0 spiro atoms. The van der Waals surface area contributed by atoms with Gasteiger partial charge in [0.15, 0.2) is 0 Å². The molecule has 1 fully saturated rings. The fourth-order valence-corrected chi connectivity index (χ4v) is 2.29. The van der Waals surface area contributed by atoms with Crippen LogP contribution in [0.1, 0.15) is 12.5 Å². The van der Waals surface area contributed by atoms with E-state index in [2.05, 4.69) is 5.32 Å². The van der Waals surface area contributed by atoms with Crippen molar-refractivity contribution in [2.75, 3.05) is 18.5 Å². The van der Waals surface area contributed by atoms with Crippen molar-refractivity contribution in [1.29, 1.82) is 0 Å². The third kappa shape index (κ3) is 2.32. The molecule has 1 heterocycles. The predicted octanol–water partition coefficient (Wildman–Crippen LogP) is 1.80. The number of nitro benzene ring substituents is 1. The molecule has 1 aromatic rings. The lowest BCUT2D eigenvalue weighted by Crippen LogP contribution is -2.43. The van der Waals surface area contributed by atoms with Crippen LogP contribution in [0, 0.1) is 22.5 Å². The van der Waals surface area contributed by atoms with Crippen LogP contribution in [-0.4, -0.2) is 35.3 Å². The summed E-state index contributed by atoms with van der Waals surface area (Å²) in [6, 6.07) is 4.40. The van der Waals surface area contributed by atoms with Gasteiger partial charge in [-0.2, -0.15) is 0 Å². The van der Waals surface area contributed by atoms with Gasteiger partial charge in [0.2, 0.25) is 0 Å². The average Bonchev–Trinajstić information content (AvgIpc) is 2.72. The number of para-hydroxylation sites is 1. The molecule has 1 aliphatic heterocycles. The summed E-state index contributed by atoms with van der Waals surface area (Å²) in [6.07, 6.45) is 0. The largest absolute Gasteiger partial charge is 0.481 e. The normalized spacial score (nSPS) is 25.4. The number of aliphatic carboxylic acids is 1. The number of hydrogen-bond donors (Lipinski definition) is 2. The Kier molecular flexibility index (Phi) is 3.63. The van der Waals surface area contributed by atoms with E-state index in [4.69, 9.17) is 4.74 Å². The number of carboxylic acids is 1. The molecule has 7 heteroatoms. The predicted molar refractivity (Wildman–Crippen MR) is 71.8 cm³/mol. The van der Waals surface area contributed by atoms with Crippen LogP contribution in [0.5, 0.6) is 0 Å². The molecule has 7 nitrogen and oxygen atoms in total. The first-order valence-electron chi connectivity index (χ1n) is 6.18. The summed E-state index contributed by atoms with van der Waals surface area (Å²) in [4.78, 5) is 22.0. The van der Waals surface area contributed by atoms with Crippen LogP contribution in [0.15, 0.2) is 18.2 Å². The van der Waals surface area contributed by atoms with E-state index < -0.39 is 22.3 Å². The minimum atomic E-state index is -1.10. The summed E-state index contributed by atoms with van der Waals surface area (Å²) in [7, 11) is 0. The smallest absolute Gasteiger partial charge is 0.313 e. The van der Waals surface area contributed by atoms with Crippen molar-refractivity contribution in [2.45, 2.75) is 19.9 Å². The van der Waals surface area contributed by atoms with Gasteiger partial charge in [-0.05, 0) is 19.9 Å². The molecule has 2 unspecified atom stereocenters. The van der Waals surface area contributed by atoms with Gasteiger partial charge in [0.05, 0.1) is 24.2 Å². The number of carboxylic acid groups (broad SMARTS) is 1. The Morgan fingerprint density at radius 1 is 1.60 bits per heavy atom. The summed E-state index contributed by atoms with van der Waals surface area (Å²) < 4.78 is 5.22. The molecule has 0 amide bonds. The third-order valence-electron chi connectivity index (χ3n) is 3.69. The molecule has 20 heavy (non-hydrogen) atoms. The van der Waals surface area contributed by atoms with Gasteiger partial charge >= 0.3 is 5.97 Å². The van der Waals surface area contributed by atoms with E-state index in [0.29, 0.717) is 11.3 Å². The van der Waals surface area contributed by atoms with Crippen molar-refractivity contribution in [2.24, 2.45) is 5.41 Å². The Balaban J connectivity index is 2.33. The van der Waals surface area contributed by atoms with Crippen molar-refractivity contribution < 1.29 is 19.6 Å². The molecule has 1 saturated heterocycles. The number of hydrogen-bond acceptors (Lipinski definition) is 5. The fraction of sp³-hybridized carbons (Fsp3) is 0.462. The van der Waals surface area contributed by atoms with Gasteiger partial charge in [-0.15, -0.1) is 0 Å². The lowest BCUT2D eigenvalue weighted by atomic mass is 9.85. The van der Waals surface area contributed by atoms with E-state index in [-0.39, 0.29) is 18.9 Å². The highest BCUT2D eigenvalue weighted by atomic mass is 16.6. The lowest BCUT2D eigenvalue weighted by molar-refractivity contribution is -0.384. The highest BCUT2D eigenvalue weighted by Crippen LogP contribution is 2.35. The monoisotopic (exact) mass is 280 g/mol. The van der Waals surface area contributed by atoms with Gasteiger partial charge in [-0.1, -0.05) is 12.1 Å². The summed E-state index contributed by atoms with van der Waals surface area (Å²) in [6.45, 7) is 3.50. The van der Waals surface area contributed by atoms with Crippen LogP contribution >= 0.6 is 0 Å². The molecule has 0 bridgehead atoms. The molecule has 2 atom stereocenters. The average molecular weight is 280 g/mol. The van der Waals surface area contributed by atoms with E-state index in [1.54, 1.807) is 32.0 Å². The zero-order valence-electron chi connectivity index (χ0n) is 11.3. The molecule has 0 aromatic heterocycles. The molecule has 1 aliphatic rings. The van der Waals surface area contributed by atoms with Crippen LogP contribution in [0.3, 0.4) is 0 Å². The van der Waals surface area contributed by atoms with Gasteiger partial charge in [-0.3, -0.25) is 14.9 Å². The molecular weight excluding hydrogens is 264 g/mol. The number of nitrogens with zero attached hydrogens (tertiary/aromatic N) is 1. The molecule has 108 valence electrons. The van der Waals surface area contributed by atoms with Crippen LogP contribution < -0.4 is 5.32 Å². The Labute approximate surface area is 115 Å². The van der Waals surface area contributed by atoms with Crippen molar-refractivity contribution >= 4 is 17.3 Å². The topological polar surface area (TPSA) is 102 Å². The van der Waals surface area contributed by atoms with Crippen LogP contribution in [0.4, 0.5) is 11.4 Å². The number of ether oxygens (including phenoxy) is 1. The zero-order chi connectivity index (χ0) is 14.9. The Hall–Kier alpha value is -2.15.